The van der Waals surface area contributed by atoms with E-state index in [2.05, 4.69) is 15.4 Å². The van der Waals surface area contributed by atoms with Gasteiger partial charge >= 0.3 is 0 Å². The van der Waals surface area contributed by atoms with Gasteiger partial charge in [-0.25, -0.2) is 9.07 Å². The quantitative estimate of drug-likeness (QED) is 0.428. The Morgan fingerprint density at radius 1 is 1.09 bits per heavy atom. The molecular formula is C25H18ClFN4O2. The van der Waals surface area contributed by atoms with Crippen LogP contribution >= 0.6 is 11.6 Å². The van der Waals surface area contributed by atoms with Crippen molar-refractivity contribution in [1.29, 1.82) is 0 Å². The van der Waals surface area contributed by atoms with E-state index in [9.17, 15) is 0 Å². The number of halogens is 2. The third-order valence-electron chi connectivity index (χ3n) is 5.97. The summed E-state index contributed by atoms with van der Waals surface area (Å²) < 4.78 is 28.8. The van der Waals surface area contributed by atoms with Crippen LogP contribution in [0.2, 0.25) is 5.02 Å². The minimum Gasteiger partial charge on any atom is -0.497 e. The van der Waals surface area contributed by atoms with Gasteiger partial charge in [-0.3, -0.25) is 0 Å². The van der Waals surface area contributed by atoms with Crippen LogP contribution in [0.1, 0.15) is 28.8 Å². The molecular weight excluding hydrogens is 443 g/mol. The Bertz CT molecular complexity index is 1420. The summed E-state index contributed by atoms with van der Waals surface area (Å²) in [4.78, 5) is 4.36. The highest BCUT2D eigenvalue weighted by Crippen LogP contribution is 2.51. The Morgan fingerprint density at radius 3 is 2.82 bits per heavy atom. The number of benzene rings is 3. The van der Waals surface area contributed by atoms with Crippen molar-refractivity contribution in [3.8, 4) is 11.5 Å². The lowest BCUT2D eigenvalue weighted by Crippen LogP contribution is -2.32. The van der Waals surface area contributed by atoms with Crippen molar-refractivity contribution < 1.29 is 13.9 Å². The number of ether oxygens (including phenoxy) is 2. The minimum absolute atomic E-state index is 0.334. The summed E-state index contributed by atoms with van der Waals surface area (Å²) in [6.07, 6.45) is 0.924. The molecule has 1 aromatic heterocycles. The number of hydrogen-bond donors (Lipinski definition) is 1. The maximum Gasteiger partial charge on any atom is 0.226 e. The first-order valence-corrected chi connectivity index (χ1v) is 10.8. The van der Waals surface area contributed by atoms with Crippen LogP contribution in [0.3, 0.4) is 0 Å². The SMILES string of the molecule is COc1cccc([C@H]2Oc3ccc(Cl)cc3C3=C2[C@H](c2ccccc2F)n2ncnc2N3)c1. The van der Waals surface area contributed by atoms with Crippen LogP contribution in [0.4, 0.5) is 10.3 Å². The molecule has 0 amide bonds. The summed E-state index contributed by atoms with van der Waals surface area (Å²) in [5, 5.41) is 8.37. The zero-order chi connectivity index (χ0) is 22.5. The van der Waals surface area contributed by atoms with Crippen LogP contribution in [-0.2, 0) is 0 Å². The van der Waals surface area contributed by atoms with Gasteiger partial charge < -0.3 is 14.8 Å². The van der Waals surface area contributed by atoms with Crippen LogP contribution in [0.25, 0.3) is 5.70 Å². The van der Waals surface area contributed by atoms with Crippen LogP contribution in [-0.4, -0.2) is 21.9 Å². The van der Waals surface area contributed by atoms with E-state index in [0.717, 1.165) is 22.4 Å². The normalized spacial score (nSPS) is 18.5. The summed E-state index contributed by atoms with van der Waals surface area (Å²) in [5.41, 5.74) is 3.71. The Labute approximate surface area is 194 Å². The Kier molecular flexibility index (Phi) is 4.58. The third kappa shape index (κ3) is 3.15. The molecule has 2 atom stereocenters. The zero-order valence-corrected chi connectivity index (χ0v) is 18.3. The molecule has 6 rings (SSSR count). The summed E-state index contributed by atoms with van der Waals surface area (Å²) in [7, 11) is 1.62. The number of aromatic nitrogens is 3. The molecule has 33 heavy (non-hydrogen) atoms. The number of nitrogens with zero attached hydrogens (tertiary/aromatic N) is 3. The number of rotatable bonds is 3. The second kappa shape index (κ2) is 7.64. The number of nitrogens with one attached hydrogen (secondary N) is 1. The fraction of sp³-hybridized carbons (Fsp3) is 0.120. The van der Waals surface area contributed by atoms with E-state index in [1.165, 1.54) is 12.4 Å². The van der Waals surface area contributed by atoms with Crippen LogP contribution in [0, 0.1) is 5.82 Å². The van der Waals surface area contributed by atoms with E-state index in [4.69, 9.17) is 21.1 Å². The van der Waals surface area contributed by atoms with Crippen molar-refractivity contribution in [2.75, 3.05) is 12.4 Å². The molecule has 2 aliphatic heterocycles. The number of anilines is 1. The van der Waals surface area contributed by atoms with Crippen LogP contribution in [0.15, 0.2) is 78.6 Å². The summed E-state index contributed by atoms with van der Waals surface area (Å²) in [6, 6.07) is 19.2. The van der Waals surface area contributed by atoms with Gasteiger partial charge in [0.05, 0.1) is 12.8 Å². The van der Waals surface area contributed by atoms with Crippen molar-refractivity contribution in [3.63, 3.8) is 0 Å². The molecule has 1 N–H and O–H groups in total. The van der Waals surface area contributed by atoms with Crippen molar-refractivity contribution in [2.24, 2.45) is 0 Å². The number of methoxy groups -OCH3 is 1. The Balaban J connectivity index is 1.65. The van der Waals surface area contributed by atoms with Gasteiger partial charge in [-0.15, -0.1) is 0 Å². The van der Waals surface area contributed by atoms with Crippen LogP contribution < -0.4 is 14.8 Å². The third-order valence-corrected chi connectivity index (χ3v) is 6.21. The van der Waals surface area contributed by atoms with E-state index >= 15 is 4.39 Å². The van der Waals surface area contributed by atoms with Gasteiger partial charge in [-0.1, -0.05) is 41.9 Å². The fourth-order valence-corrected chi connectivity index (χ4v) is 4.69. The predicted molar refractivity (Wildman–Crippen MR) is 123 cm³/mol. The maximum atomic E-state index is 15.2. The molecule has 2 aliphatic rings. The molecule has 0 radical (unpaired) electrons. The molecule has 0 bridgehead atoms. The highest BCUT2D eigenvalue weighted by molar-refractivity contribution is 6.30. The second-order valence-corrected chi connectivity index (χ2v) is 8.26. The van der Waals surface area contributed by atoms with Gasteiger partial charge in [0.15, 0.2) is 0 Å². The Morgan fingerprint density at radius 2 is 1.97 bits per heavy atom. The predicted octanol–water partition coefficient (Wildman–Crippen LogP) is 5.64. The topological polar surface area (TPSA) is 61.2 Å². The van der Waals surface area contributed by atoms with Crippen molar-refractivity contribution >= 4 is 23.2 Å². The molecule has 0 spiro atoms. The lowest BCUT2D eigenvalue weighted by molar-refractivity contribution is 0.222. The van der Waals surface area contributed by atoms with Crippen molar-refractivity contribution in [3.05, 3.63) is 106 Å². The van der Waals surface area contributed by atoms with E-state index in [1.807, 2.05) is 42.5 Å². The van der Waals surface area contributed by atoms with Crippen molar-refractivity contribution in [1.82, 2.24) is 14.8 Å². The maximum absolute atomic E-state index is 15.2. The molecule has 0 fully saturated rings. The van der Waals surface area contributed by atoms with Gasteiger partial charge in [0.1, 0.15) is 35.8 Å². The molecule has 0 saturated heterocycles. The summed E-state index contributed by atoms with van der Waals surface area (Å²) in [5.74, 6) is 1.55. The molecule has 164 valence electrons. The number of hydrogen-bond acceptors (Lipinski definition) is 5. The lowest BCUT2D eigenvalue weighted by atomic mass is 9.84. The van der Waals surface area contributed by atoms with Gasteiger partial charge in [-0.2, -0.15) is 10.1 Å². The van der Waals surface area contributed by atoms with E-state index in [0.29, 0.717) is 28.0 Å². The Hall–Kier alpha value is -3.84. The second-order valence-electron chi connectivity index (χ2n) is 7.82. The first-order chi connectivity index (χ1) is 16.1. The van der Waals surface area contributed by atoms with Gasteiger partial charge in [-0.05, 0) is 36.4 Å². The van der Waals surface area contributed by atoms with E-state index < -0.39 is 12.1 Å². The van der Waals surface area contributed by atoms with Gasteiger partial charge in [0, 0.05) is 27.3 Å². The van der Waals surface area contributed by atoms with Gasteiger partial charge in [0.25, 0.3) is 0 Å². The first kappa shape index (κ1) is 19.8. The van der Waals surface area contributed by atoms with E-state index in [-0.39, 0.29) is 5.82 Å². The molecule has 6 nitrogen and oxygen atoms in total. The van der Waals surface area contributed by atoms with Gasteiger partial charge in [0.2, 0.25) is 5.95 Å². The number of fused-ring (bicyclic) bond motifs is 3. The fourth-order valence-electron chi connectivity index (χ4n) is 4.52. The minimum atomic E-state index is -0.580. The molecule has 8 heteroatoms. The highest BCUT2D eigenvalue weighted by Gasteiger charge is 2.41. The molecule has 0 unspecified atom stereocenters. The largest absolute Gasteiger partial charge is 0.497 e. The lowest BCUT2D eigenvalue weighted by Gasteiger charge is -2.39. The smallest absolute Gasteiger partial charge is 0.226 e. The molecule has 0 aliphatic carbocycles. The average Bonchev–Trinajstić information content (AvgIpc) is 3.31. The molecule has 4 aromatic rings. The summed E-state index contributed by atoms with van der Waals surface area (Å²) >= 11 is 6.34. The molecule has 3 heterocycles. The zero-order valence-electron chi connectivity index (χ0n) is 17.5. The van der Waals surface area contributed by atoms with E-state index in [1.54, 1.807) is 30.0 Å². The van der Waals surface area contributed by atoms with Crippen LogP contribution in [0.5, 0.6) is 11.5 Å². The standard InChI is InChI=1S/C25H18ClFN4O2/c1-32-16-6-4-5-14(11-16)24-21-22(18-12-15(26)9-10-20(18)33-24)30-25-28-13-29-31(25)23(21)17-7-2-3-8-19(17)27/h2-13,23-24H,1H3,(H,28,29,30)/t23-,24+/m0/s1. The average molecular weight is 461 g/mol. The highest BCUT2D eigenvalue weighted by atomic mass is 35.5. The molecule has 3 aromatic carbocycles. The summed E-state index contributed by atoms with van der Waals surface area (Å²) in [6.45, 7) is 0. The van der Waals surface area contributed by atoms with Crippen molar-refractivity contribution in [2.45, 2.75) is 12.1 Å². The first-order valence-electron chi connectivity index (χ1n) is 10.4. The molecule has 0 saturated carbocycles. The monoisotopic (exact) mass is 460 g/mol.